The van der Waals surface area contributed by atoms with E-state index in [-0.39, 0.29) is 11.0 Å². The first-order valence-electron chi connectivity index (χ1n) is 5.27. The summed E-state index contributed by atoms with van der Waals surface area (Å²) in [7, 11) is 3.23. The largest absolute Gasteiger partial charge is 0.469 e. The maximum absolute atomic E-state index is 13.0. The lowest BCUT2D eigenvalue weighted by molar-refractivity contribution is -0.140. The molecule has 0 aliphatic carbocycles. The number of carbonyl (C=O) groups excluding carboxylic acids is 1. The highest BCUT2D eigenvalue weighted by Gasteiger charge is 2.06. The van der Waals surface area contributed by atoms with Gasteiger partial charge in [0.15, 0.2) is 0 Å². The van der Waals surface area contributed by atoms with Crippen molar-refractivity contribution in [2.75, 3.05) is 25.6 Å². The third kappa shape index (κ3) is 4.23. The molecule has 0 saturated heterocycles. The first-order chi connectivity index (χ1) is 8.04. The number of halogens is 2. The summed E-state index contributed by atoms with van der Waals surface area (Å²) in [5.41, 5.74) is 0.821. The van der Waals surface area contributed by atoms with Crippen LogP contribution in [-0.4, -0.2) is 26.7 Å². The lowest BCUT2D eigenvalue weighted by Crippen LogP contribution is -2.19. The predicted molar refractivity (Wildman–Crippen MR) is 65.9 cm³/mol. The van der Waals surface area contributed by atoms with Crippen LogP contribution in [0.1, 0.15) is 12.8 Å². The highest BCUT2D eigenvalue weighted by atomic mass is 35.5. The van der Waals surface area contributed by atoms with E-state index in [9.17, 15) is 9.18 Å². The second kappa shape index (κ2) is 6.45. The van der Waals surface area contributed by atoms with Gasteiger partial charge < -0.3 is 9.64 Å². The van der Waals surface area contributed by atoms with Crippen LogP contribution in [0, 0.1) is 5.82 Å². The summed E-state index contributed by atoms with van der Waals surface area (Å²) in [6.07, 6.45) is 1.05. The van der Waals surface area contributed by atoms with Crippen molar-refractivity contribution in [1.82, 2.24) is 0 Å². The molecule has 0 spiro atoms. The molecular formula is C12H15ClFNO2. The summed E-state index contributed by atoms with van der Waals surface area (Å²) < 4.78 is 17.5. The van der Waals surface area contributed by atoms with Crippen LogP contribution in [0.25, 0.3) is 0 Å². The van der Waals surface area contributed by atoms with Crippen molar-refractivity contribution in [3.05, 3.63) is 29.0 Å². The highest BCUT2D eigenvalue weighted by molar-refractivity contribution is 6.31. The lowest BCUT2D eigenvalue weighted by atomic mass is 10.2. The molecule has 0 N–H and O–H groups in total. The molecule has 1 aromatic carbocycles. The molecule has 0 bridgehead atoms. The van der Waals surface area contributed by atoms with Crippen molar-refractivity contribution < 1.29 is 13.9 Å². The van der Waals surface area contributed by atoms with E-state index in [1.807, 2.05) is 11.9 Å². The maximum atomic E-state index is 13.0. The molecule has 0 aliphatic rings. The minimum Gasteiger partial charge on any atom is -0.469 e. The van der Waals surface area contributed by atoms with Crippen LogP contribution in [0.3, 0.4) is 0 Å². The number of ether oxygens (including phenoxy) is 1. The quantitative estimate of drug-likeness (QED) is 0.762. The second-order valence-corrected chi connectivity index (χ2v) is 4.11. The molecule has 0 amide bonds. The van der Waals surface area contributed by atoms with Crippen LogP contribution in [0.15, 0.2) is 18.2 Å². The molecule has 3 nitrogen and oxygen atoms in total. The van der Waals surface area contributed by atoms with Gasteiger partial charge in [0.1, 0.15) is 5.82 Å². The van der Waals surface area contributed by atoms with E-state index in [0.29, 0.717) is 19.4 Å². The zero-order chi connectivity index (χ0) is 12.8. The van der Waals surface area contributed by atoms with E-state index < -0.39 is 5.82 Å². The summed E-state index contributed by atoms with van der Waals surface area (Å²) in [6.45, 7) is 0.678. The van der Waals surface area contributed by atoms with Gasteiger partial charge in [-0.2, -0.15) is 0 Å². The topological polar surface area (TPSA) is 29.5 Å². The zero-order valence-corrected chi connectivity index (χ0v) is 10.6. The van der Waals surface area contributed by atoms with E-state index in [0.717, 1.165) is 5.69 Å². The van der Waals surface area contributed by atoms with Crippen LogP contribution in [-0.2, 0) is 9.53 Å². The normalized spacial score (nSPS) is 10.1. The maximum Gasteiger partial charge on any atom is 0.305 e. The first kappa shape index (κ1) is 13.8. The Balaban J connectivity index is 2.49. The minimum atomic E-state index is -0.432. The zero-order valence-electron chi connectivity index (χ0n) is 9.87. The fraction of sp³-hybridized carbons (Fsp3) is 0.417. The lowest BCUT2D eigenvalue weighted by Gasteiger charge is -2.19. The van der Waals surface area contributed by atoms with Gasteiger partial charge in [-0.1, -0.05) is 11.6 Å². The SMILES string of the molecule is COC(=O)CCCN(C)c1ccc(F)c(Cl)c1. The Labute approximate surface area is 105 Å². The number of anilines is 1. The Morgan fingerprint density at radius 2 is 2.24 bits per heavy atom. The highest BCUT2D eigenvalue weighted by Crippen LogP contribution is 2.21. The number of rotatable bonds is 5. The van der Waals surface area contributed by atoms with E-state index in [1.54, 1.807) is 12.1 Å². The molecule has 0 aromatic heterocycles. The van der Waals surface area contributed by atoms with Crippen molar-refractivity contribution >= 4 is 23.3 Å². The van der Waals surface area contributed by atoms with Gasteiger partial charge in [-0.3, -0.25) is 4.79 Å². The summed E-state index contributed by atoms with van der Waals surface area (Å²) in [5, 5.41) is 0.0994. The minimum absolute atomic E-state index is 0.0994. The van der Waals surface area contributed by atoms with Crippen molar-refractivity contribution in [1.29, 1.82) is 0 Å². The molecule has 17 heavy (non-hydrogen) atoms. The predicted octanol–water partition coefficient (Wildman–Crippen LogP) is 2.87. The third-order valence-corrected chi connectivity index (χ3v) is 2.74. The van der Waals surface area contributed by atoms with Crippen molar-refractivity contribution in [2.45, 2.75) is 12.8 Å². The number of benzene rings is 1. The molecule has 0 aliphatic heterocycles. The molecular weight excluding hydrogens is 245 g/mol. The van der Waals surface area contributed by atoms with Crippen LogP contribution in [0.4, 0.5) is 10.1 Å². The molecule has 5 heteroatoms. The Morgan fingerprint density at radius 3 is 2.82 bits per heavy atom. The van der Waals surface area contributed by atoms with Gasteiger partial charge in [0, 0.05) is 25.7 Å². The number of nitrogens with zero attached hydrogens (tertiary/aromatic N) is 1. The summed E-state index contributed by atoms with van der Waals surface area (Å²) in [5.74, 6) is -0.658. The Kier molecular flexibility index (Phi) is 5.22. The van der Waals surface area contributed by atoms with Gasteiger partial charge in [0.25, 0.3) is 0 Å². The average molecular weight is 260 g/mol. The third-order valence-electron chi connectivity index (χ3n) is 2.45. The van der Waals surface area contributed by atoms with E-state index in [1.165, 1.54) is 13.2 Å². The molecule has 0 atom stereocenters. The molecule has 0 saturated carbocycles. The Hall–Kier alpha value is -1.29. The monoisotopic (exact) mass is 259 g/mol. The van der Waals surface area contributed by atoms with Gasteiger partial charge in [-0.15, -0.1) is 0 Å². The van der Waals surface area contributed by atoms with Crippen molar-refractivity contribution in [2.24, 2.45) is 0 Å². The van der Waals surface area contributed by atoms with Gasteiger partial charge in [-0.25, -0.2) is 4.39 Å². The Morgan fingerprint density at radius 1 is 1.53 bits per heavy atom. The smallest absolute Gasteiger partial charge is 0.305 e. The van der Waals surface area contributed by atoms with E-state index >= 15 is 0 Å². The van der Waals surface area contributed by atoms with Crippen LogP contribution >= 0.6 is 11.6 Å². The number of hydrogen-bond acceptors (Lipinski definition) is 3. The van der Waals surface area contributed by atoms with Gasteiger partial charge in [-0.05, 0) is 24.6 Å². The number of methoxy groups -OCH3 is 1. The first-order valence-corrected chi connectivity index (χ1v) is 5.65. The van der Waals surface area contributed by atoms with Gasteiger partial charge in [0.05, 0.1) is 12.1 Å². The molecule has 0 radical (unpaired) electrons. The van der Waals surface area contributed by atoms with Crippen molar-refractivity contribution in [3.8, 4) is 0 Å². The molecule has 0 heterocycles. The van der Waals surface area contributed by atoms with Gasteiger partial charge in [0.2, 0.25) is 0 Å². The number of carbonyl (C=O) groups is 1. The van der Waals surface area contributed by atoms with Gasteiger partial charge >= 0.3 is 5.97 Å². The molecule has 0 fully saturated rings. The van der Waals surface area contributed by atoms with Crippen LogP contribution in [0.5, 0.6) is 0 Å². The van der Waals surface area contributed by atoms with Crippen LogP contribution in [0.2, 0.25) is 5.02 Å². The fourth-order valence-electron chi connectivity index (χ4n) is 1.41. The van der Waals surface area contributed by atoms with E-state index in [4.69, 9.17) is 11.6 Å². The number of hydrogen-bond donors (Lipinski definition) is 0. The molecule has 1 aromatic rings. The Bertz CT molecular complexity index is 398. The molecule has 1 rings (SSSR count). The summed E-state index contributed by atoms with van der Waals surface area (Å²) >= 11 is 5.69. The fourth-order valence-corrected chi connectivity index (χ4v) is 1.59. The average Bonchev–Trinajstić information content (AvgIpc) is 2.32. The molecule has 94 valence electrons. The van der Waals surface area contributed by atoms with Crippen molar-refractivity contribution in [3.63, 3.8) is 0 Å². The van der Waals surface area contributed by atoms with E-state index in [2.05, 4.69) is 4.74 Å². The number of esters is 1. The second-order valence-electron chi connectivity index (χ2n) is 3.70. The summed E-state index contributed by atoms with van der Waals surface area (Å²) in [6, 6.07) is 4.54. The standard InChI is InChI=1S/C12H15ClFNO2/c1-15(7-3-4-12(16)17-2)9-5-6-11(14)10(13)8-9/h5-6,8H,3-4,7H2,1-2H3. The summed E-state index contributed by atoms with van der Waals surface area (Å²) in [4.78, 5) is 12.8. The van der Waals surface area contributed by atoms with Crippen LogP contribution < -0.4 is 4.90 Å². The molecule has 0 unspecified atom stereocenters.